The molecule has 0 aromatic heterocycles. The summed E-state index contributed by atoms with van der Waals surface area (Å²) in [6, 6.07) is 13.0. The van der Waals surface area contributed by atoms with Gasteiger partial charge in [0.2, 0.25) is 5.91 Å². The fourth-order valence-electron chi connectivity index (χ4n) is 3.37. The third-order valence-corrected chi connectivity index (χ3v) is 5.38. The van der Waals surface area contributed by atoms with Gasteiger partial charge in [0.05, 0.1) is 17.7 Å². The number of benzene rings is 2. The summed E-state index contributed by atoms with van der Waals surface area (Å²) < 4.78 is 31.7. The summed E-state index contributed by atoms with van der Waals surface area (Å²) in [6.07, 6.45) is -2.65. The van der Waals surface area contributed by atoms with Gasteiger partial charge in [-0.05, 0) is 49.4 Å². The van der Waals surface area contributed by atoms with E-state index in [1.807, 2.05) is 37.3 Å². The molecule has 184 valence electrons. The topological polar surface area (TPSA) is 107 Å². The van der Waals surface area contributed by atoms with Crippen molar-refractivity contribution in [1.29, 1.82) is 0 Å². The number of halogens is 3. The van der Waals surface area contributed by atoms with E-state index in [1.165, 1.54) is 0 Å². The number of carboxylic acids is 2. The average Bonchev–Trinajstić information content (AvgIpc) is 2.76. The first-order chi connectivity index (χ1) is 15.9. The van der Waals surface area contributed by atoms with Crippen molar-refractivity contribution in [3.63, 3.8) is 0 Å². The number of aliphatic carboxylic acids is 1. The van der Waals surface area contributed by atoms with Gasteiger partial charge in [-0.25, -0.2) is 9.59 Å². The molecule has 0 bridgehead atoms. The van der Waals surface area contributed by atoms with Crippen LogP contribution in [0.3, 0.4) is 0 Å². The Morgan fingerprint density at radius 2 is 1.59 bits per heavy atom. The van der Waals surface area contributed by atoms with Crippen LogP contribution in [0.1, 0.15) is 41.3 Å². The van der Waals surface area contributed by atoms with Gasteiger partial charge in [0.15, 0.2) is 0 Å². The van der Waals surface area contributed by atoms with E-state index in [-0.39, 0.29) is 17.9 Å². The van der Waals surface area contributed by atoms with Crippen molar-refractivity contribution < 1.29 is 37.8 Å². The van der Waals surface area contributed by atoms with Gasteiger partial charge >= 0.3 is 18.1 Å². The second-order valence-corrected chi connectivity index (χ2v) is 8.22. The summed E-state index contributed by atoms with van der Waals surface area (Å²) in [5.41, 5.74) is 3.40. The standard InChI is InChI=1S/C22H26N2O3.C2HF3O2/c1-15-3-5-17(6-4-15)13-21(25)23-20-8-7-18(14-19(20)22(26)27)24-11-9-16(2)10-12-24;3-2(4,5)1(6)7/h3-8,14,16H,9-13H2,1-2H3,(H,23,25)(H,26,27);(H,6,7). The molecule has 1 saturated heterocycles. The van der Waals surface area contributed by atoms with Gasteiger partial charge < -0.3 is 20.4 Å². The Morgan fingerprint density at radius 1 is 1.03 bits per heavy atom. The van der Waals surface area contributed by atoms with Crippen LogP contribution < -0.4 is 10.2 Å². The zero-order valence-electron chi connectivity index (χ0n) is 18.9. The van der Waals surface area contributed by atoms with Gasteiger partial charge in [-0.15, -0.1) is 0 Å². The van der Waals surface area contributed by atoms with Gasteiger partial charge in [0.25, 0.3) is 0 Å². The van der Waals surface area contributed by atoms with Crippen molar-refractivity contribution in [2.24, 2.45) is 5.92 Å². The Hall–Kier alpha value is -3.56. The quantitative estimate of drug-likeness (QED) is 0.571. The van der Waals surface area contributed by atoms with Crippen LogP contribution >= 0.6 is 0 Å². The maximum Gasteiger partial charge on any atom is 0.490 e. The lowest BCUT2D eigenvalue weighted by Crippen LogP contribution is -2.32. The molecule has 0 aliphatic carbocycles. The molecule has 3 rings (SSSR count). The van der Waals surface area contributed by atoms with Crippen LogP contribution in [0, 0.1) is 12.8 Å². The molecule has 1 aliphatic rings. The number of anilines is 2. The third-order valence-electron chi connectivity index (χ3n) is 5.38. The lowest BCUT2D eigenvalue weighted by molar-refractivity contribution is -0.192. The number of carboxylic acid groups (broad SMARTS) is 2. The first-order valence-corrected chi connectivity index (χ1v) is 10.6. The second-order valence-electron chi connectivity index (χ2n) is 8.22. The summed E-state index contributed by atoms with van der Waals surface area (Å²) in [4.78, 5) is 35.2. The van der Waals surface area contributed by atoms with E-state index in [1.54, 1.807) is 12.1 Å². The van der Waals surface area contributed by atoms with Crippen molar-refractivity contribution >= 4 is 29.2 Å². The summed E-state index contributed by atoms with van der Waals surface area (Å²) >= 11 is 0. The largest absolute Gasteiger partial charge is 0.490 e. The van der Waals surface area contributed by atoms with E-state index in [0.29, 0.717) is 11.6 Å². The van der Waals surface area contributed by atoms with Crippen molar-refractivity contribution in [3.05, 3.63) is 59.2 Å². The van der Waals surface area contributed by atoms with E-state index >= 15 is 0 Å². The van der Waals surface area contributed by atoms with Crippen LogP contribution in [0.4, 0.5) is 24.5 Å². The number of piperidine rings is 1. The molecule has 7 nitrogen and oxygen atoms in total. The van der Waals surface area contributed by atoms with Crippen molar-refractivity contribution in [1.82, 2.24) is 0 Å². The first kappa shape index (κ1) is 26.7. The molecule has 0 unspecified atom stereocenters. The predicted octanol–water partition coefficient (Wildman–Crippen LogP) is 4.74. The van der Waals surface area contributed by atoms with Gasteiger partial charge in [-0.2, -0.15) is 13.2 Å². The van der Waals surface area contributed by atoms with Gasteiger partial charge in [-0.1, -0.05) is 36.8 Å². The second kappa shape index (κ2) is 11.5. The molecular weight excluding hydrogens is 453 g/mol. The zero-order chi connectivity index (χ0) is 25.5. The molecule has 1 fully saturated rings. The van der Waals surface area contributed by atoms with Crippen LogP contribution in [0.15, 0.2) is 42.5 Å². The summed E-state index contributed by atoms with van der Waals surface area (Å²) in [6.45, 7) is 6.10. The molecule has 2 aromatic carbocycles. The van der Waals surface area contributed by atoms with E-state index < -0.39 is 18.1 Å². The molecular formula is C24H27F3N2O5. The fourth-order valence-corrected chi connectivity index (χ4v) is 3.37. The Labute approximate surface area is 195 Å². The minimum Gasteiger partial charge on any atom is -0.478 e. The highest BCUT2D eigenvalue weighted by Gasteiger charge is 2.38. The maximum atomic E-state index is 12.3. The number of aryl methyl sites for hydroxylation is 1. The number of hydrogen-bond acceptors (Lipinski definition) is 4. The Kier molecular flexibility index (Phi) is 9.05. The highest BCUT2D eigenvalue weighted by atomic mass is 19.4. The average molecular weight is 480 g/mol. The summed E-state index contributed by atoms with van der Waals surface area (Å²) in [7, 11) is 0. The van der Waals surface area contributed by atoms with Crippen molar-refractivity contribution in [2.45, 2.75) is 39.3 Å². The number of nitrogens with one attached hydrogen (secondary N) is 1. The number of rotatable bonds is 5. The maximum absolute atomic E-state index is 12.3. The smallest absolute Gasteiger partial charge is 0.478 e. The molecule has 1 amide bonds. The number of alkyl halides is 3. The fraction of sp³-hybridized carbons (Fsp3) is 0.375. The number of aromatic carboxylic acids is 1. The van der Waals surface area contributed by atoms with E-state index in [2.05, 4.69) is 17.1 Å². The normalized spacial score (nSPS) is 14.1. The van der Waals surface area contributed by atoms with Crippen LogP contribution in [0.2, 0.25) is 0 Å². The van der Waals surface area contributed by atoms with Crippen LogP contribution in [-0.4, -0.2) is 47.3 Å². The number of carbonyl (C=O) groups excluding carboxylic acids is 1. The van der Waals surface area contributed by atoms with E-state index in [9.17, 15) is 27.9 Å². The zero-order valence-corrected chi connectivity index (χ0v) is 18.9. The van der Waals surface area contributed by atoms with E-state index in [4.69, 9.17) is 9.90 Å². The lowest BCUT2D eigenvalue weighted by atomic mass is 9.98. The number of amides is 1. The molecule has 0 saturated carbocycles. The summed E-state index contributed by atoms with van der Waals surface area (Å²) in [5.74, 6) is -3.30. The molecule has 0 radical (unpaired) electrons. The monoisotopic (exact) mass is 480 g/mol. The van der Waals surface area contributed by atoms with Crippen molar-refractivity contribution in [3.8, 4) is 0 Å². The van der Waals surface area contributed by atoms with Crippen LogP contribution in [-0.2, 0) is 16.0 Å². The molecule has 1 aliphatic heterocycles. The SMILES string of the molecule is Cc1ccc(CC(=O)Nc2ccc(N3CCC(C)CC3)cc2C(=O)O)cc1.O=C(O)C(F)(F)F. The predicted molar refractivity (Wildman–Crippen MR) is 121 cm³/mol. The molecule has 0 atom stereocenters. The first-order valence-electron chi connectivity index (χ1n) is 10.6. The lowest BCUT2D eigenvalue weighted by Gasteiger charge is -2.32. The minimum atomic E-state index is -5.08. The molecule has 2 aromatic rings. The van der Waals surface area contributed by atoms with Gasteiger partial charge in [-0.3, -0.25) is 4.79 Å². The van der Waals surface area contributed by atoms with Crippen LogP contribution in [0.5, 0.6) is 0 Å². The third kappa shape index (κ3) is 8.09. The molecule has 3 N–H and O–H groups in total. The molecule has 1 heterocycles. The van der Waals surface area contributed by atoms with Gasteiger partial charge in [0.1, 0.15) is 0 Å². The Bertz CT molecular complexity index is 1010. The Morgan fingerprint density at radius 3 is 2.09 bits per heavy atom. The highest BCUT2D eigenvalue weighted by molar-refractivity contribution is 6.01. The minimum absolute atomic E-state index is 0.128. The van der Waals surface area contributed by atoms with E-state index in [0.717, 1.165) is 42.7 Å². The van der Waals surface area contributed by atoms with Crippen LogP contribution in [0.25, 0.3) is 0 Å². The molecule has 0 spiro atoms. The molecule has 10 heteroatoms. The number of nitrogens with zero attached hydrogens (tertiary/aromatic N) is 1. The number of hydrogen-bond donors (Lipinski definition) is 3. The summed E-state index contributed by atoms with van der Waals surface area (Å²) in [5, 5.41) is 19.5. The highest BCUT2D eigenvalue weighted by Crippen LogP contribution is 2.27. The Balaban J connectivity index is 0.000000509. The van der Waals surface area contributed by atoms with Gasteiger partial charge in [0, 0.05) is 18.8 Å². The number of carbonyl (C=O) groups is 3. The molecule has 34 heavy (non-hydrogen) atoms. The van der Waals surface area contributed by atoms with Crippen molar-refractivity contribution in [2.75, 3.05) is 23.3 Å².